The number of hydrogen-bond donors (Lipinski definition) is 0. The van der Waals surface area contributed by atoms with E-state index in [1.54, 1.807) is 12.1 Å². The van der Waals surface area contributed by atoms with E-state index in [1.807, 2.05) is 72.8 Å². The first-order valence-electron chi connectivity index (χ1n) is 18.3. The van der Waals surface area contributed by atoms with Gasteiger partial charge in [0.25, 0.3) is 0 Å². The van der Waals surface area contributed by atoms with Crippen molar-refractivity contribution in [2.24, 2.45) is 0 Å². The number of pyridine rings is 2. The standard InChI is InChI=1S/C48H30F4N2O2P2/c49-33-11-19-37(20-12-33)57(55,38-21-13-34(50)14-22-38)45-29-43(31-7-3-1-4-8-31)41-27-28-42-44(32-9-5-2-6-10-32)30-46(54-48(42)47(41)53-45)58(56,39-23-15-35(51)16-24-39)40-25-17-36(52)18-26-40/h1-30H. The Morgan fingerprint density at radius 3 is 0.897 bits per heavy atom. The van der Waals surface area contributed by atoms with Crippen LogP contribution in [-0.4, -0.2) is 9.97 Å². The van der Waals surface area contributed by atoms with Gasteiger partial charge in [0, 0.05) is 32.0 Å². The highest BCUT2D eigenvalue weighted by Gasteiger charge is 2.35. The fraction of sp³-hybridized carbons (Fsp3) is 0. The highest BCUT2D eigenvalue weighted by Crippen LogP contribution is 2.47. The molecule has 4 nitrogen and oxygen atoms in total. The summed E-state index contributed by atoms with van der Waals surface area (Å²) in [4.78, 5) is 10.4. The molecule has 10 heteroatoms. The van der Waals surface area contributed by atoms with E-state index in [0.717, 1.165) is 11.1 Å². The van der Waals surface area contributed by atoms with E-state index >= 15 is 9.13 Å². The van der Waals surface area contributed by atoms with Crippen LogP contribution in [0.2, 0.25) is 0 Å². The molecular weight excluding hydrogens is 774 g/mol. The van der Waals surface area contributed by atoms with E-state index in [9.17, 15) is 17.6 Å². The molecule has 0 bridgehead atoms. The van der Waals surface area contributed by atoms with Crippen LogP contribution in [0.25, 0.3) is 44.1 Å². The fourth-order valence-electron chi connectivity index (χ4n) is 7.42. The van der Waals surface area contributed by atoms with Gasteiger partial charge in [-0.3, -0.25) is 0 Å². The fourth-order valence-corrected chi connectivity index (χ4v) is 12.4. The van der Waals surface area contributed by atoms with E-state index in [-0.39, 0.29) is 32.1 Å². The second-order valence-electron chi connectivity index (χ2n) is 13.8. The predicted octanol–water partition coefficient (Wildman–Crippen LogP) is 9.95. The largest absolute Gasteiger partial charge is 0.307 e. The van der Waals surface area contributed by atoms with Crippen LogP contribution in [0.3, 0.4) is 0 Å². The molecule has 0 saturated heterocycles. The first-order chi connectivity index (χ1) is 28.1. The Hall–Kier alpha value is -6.46. The minimum atomic E-state index is -3.96. The molecule has 0 aliphatic carbocycles. The van der Waals surface area contributed by atoms with Crippen molar-refractivity contribution in [3.63, 3.8) is 0 Å². The maximum atomic E-state index is 15.9. The quantitative estimate of drug-likeness (QED) is 0.0872. The van der Waals surface area contributed by atoms with Gasteiger partial charge in [-0.1, -0.05) is 72.8 Å². The summed E-state index contributed by atoms with van der Waals surface area (Å²) in [7, 11) is -7.93. The normalized spacial score (nSPS) is 11.9. The smallest absolute Gasteiger partial charge is 0.188 e. The van der Waals surface area contributed by atoms with Crippen LogP contribution >= 0.6 is 14.3 Å². The van der Waals surface area contributed by atoms with Gasteiger partial charge in [0.1, 0.15) is 34.1 Å². The van der Waals surface area contributed by atoms with Crippen molar-refractivity contribution >= 4 is 68.2 Å². The summed E-state index contributed by atoms with van der Waals surface area (Å²) >= 11 is 0. The van der Waals surface area contributed by atoms with E-state index in [1.165, 1.54) is 97.1 Å². The molecule has 9 aromatic rings. The molecule has 0 N–H and O–H groups in total. The van der Waals surface area contributed by atoms with Crippen molar-refractivity contribution in [3.8, 4) is 22.3 Å². The third kappa shape index (κ3) is 6.45. The van der Waals surface area contributed by atoms with Crippen molar-refractivity contribution < 1.29 is 26.7 Å². The molecule has 0 spiro atoms. The van der Waals surface area contributed by atoms with Crippen LogP contribution in [0.15, 0.2) is 182 Å². The van der Waals surface area contributed by atoms with Crippen LogP contribution in [0.4, 0.5) is 17.6 Å². The number of aromatic nitrogens is 2. The Balaban J connectivity index is 1.44. The van der Waals surface area contributed by atoms with Gasteiger partial charge in [-0.05, 0) is 131 Å². The van der Waals surface area contributed by atoms with Crippen molar-refractivity contribution in [2.45, 2.75) is 0 Å². The van der Waals surface area contributed by atoms with Crippen LogP contribution in [0.5, 0.6) is 0 Å². The molecule has 7 aromatic carbocycles. The molecular formula is C48H30F4N2O2P2. The lowest BCUT2D eigenvalue weighted by molar-refractivity contribution is 0.590. The molecule has 0 aliphatic rings. The number of halogens is 4. The molecule has 0 radical (unpaired) electrons. The Kier molecular flexibility index (Phi) is 9.48. The maximum absolute atomic E-state index is 15.9. The lowest BCUT2D eigenvalue weighted by atomic mass is 9.96. The molecule has 0 saturated carbocycles. The second kappa shape index (κ2) is 14.8. The van der Waals surface area contributed by atoms with Gasteiger partial charge in [0.15, 0.2) is 14.3 Å². The average molecular weight is 805 g/mol. The molecule has 2 aromatic heterocycles. The predicted molar refractivity (Wildman–Crippen MR) is 227 cm³/mol. The highest BCUT2D eigenvalue weighted by atomic mass is 31.2. The number of fused-ring (bicyclic) bond motifs is 3. The van der Waals surface area contributed by atoms with Gasteiger partial charge in [-0.25, -0.2) is 27.5 Å². The third-order valence-corrected chi connectivity index (χ3v) is 16.2. The van der Waals surface area contributed by atoms with Crippen LogP contribution in [0, 0.1) is 23.3 Å². The van der Waals surface area contributed by atoms with Crippen molar-refractivity contribution in [1.29, 1.82) is 0 Å². The minimum Gasteiger partial charge on any atom is -0.307 e. The average Bonchev–Trinajstić information content (AvgIpc) is 3.26. The van der Waals surface area contributed by atoms with E-state index in [0.29, 0.717) is 32.9 Å². The maximum Gasteiger partial charge on any atom is 0.188 e. The number of rotatable bonds is 8. The van der Waals surface area contributed by atoms with Crippen LogP contribution < -0.4 is 32.1 Å². The molecule has 9 rings (SSSR count). The molecule has 0 aliphatic heterocycles. The summed E-state index contributed by atoms with van der Waals surface area (Å²) in [6.45, 7) is 0. The second-order valence-corrected chi connectivity index (χ2v) is 19.2. The van der Waals surface area contributed by atoms with Gasteiger partial charge >= 0.3 is 0 Å². The van der Waals surface area contributed by atoms with E-state index in [2.05, 4.69) is 0 Å². The Bertz CT molecular complexity index is 2760. The number of hydrogen-bond acceptors (Lipinski definition) is 4. The van der Waals surface area contributed by atoms with Crippen molar-refractivity contribution in [1.82, 2.24) is 9.97 Å². The van der Waals surface area contributed by atoms with E-state index < -0.39 is 37.6 Å². The van der Waals surface area contributed by atoms with Crippen molar-refractivity contribution in [3.05, 3.63) is 205 Å². The van der Waals surface area contributed by atoms with Gasteiger partial charge in [-0.2, -0.15) is 0 Å². The molecule has 0 atom stereocenters. The summed E-state index contributed by atoms with van der Waals surface area (Å²) in [5.74, 6) is -2.08. The number of nitrogens with zero attached hydrogens (tertiary/aromatic N) is 2. The zero-order chi connectivity index (χ0) is 40.0. The Labute approximate surface area is 331 Å². The summed E-state index contributed by atoms with van der Waals surface area (Å²) in [5, 5.41) is 2.41. The molecule has 282 valence electrons. The topological polar surface area (TPSA) is 59.9 Å². The summed E-state index contributed by atoms with van der Waals surface area (Å²) in [5.41, 5.74) is 3.84. The SMILES string of the molecule is O=P(c1ccc(F)cc1)(c1ccc(F)cc1)c1cc(-c2ccccc2)c2ccc3c(-c4ccccc4)cc(P(=O)(c4ccc(F)cc4)c4ccc(F)cc4)nc3c2n1. The zero-order valence-electron chi connectivity index (χ0n) is 30.4. The lowest BCUT2D eigenvalue weighted by Crippen LogP contribution is -2.28. The highest BCUT2D eigenvalue weighted by molar-refractivity contribution is 7.85. The van der Waals surface area contributed by atoms with Crippen LogP contribution in [0.1, 0.15) is 0 Å². The molecule has 0 unspecified atom stereocenters. The molecule has 58 heavy (non-hydrogen) atoms. The first kappa shape index (κ1) is 37.1. The molecule has 0 amide bonds. The minimum absolute atomic E-state index is 0.137. The van der Waals surface area contributed by atoms with Gasteiger partial charge in [0.05, 0.1) is 11.0 Å². The van der Waals surface area contributed by atoms with Gasteiger partial charge < -0.3 is 9.13 Å². The van der Waals surface area contributed by atoms with Crippen molar-refractivity contribution in [2.75, 3.05) is 0 Å². The monoisotopic (exact) mass is 804 g/mol. The third-order valence-electron chi connectivity index (χ3n) is 10.3. The number of benzene rings is 7. The summed E-state index contributed by atoms with van der Waals surface area (Å²) in [6, 6.07) is 47.7. The van der Waals surface area contributed by atoms with Gasteiger partial charge in [0.2, 0.25) is 0 Å². The van der Waals surface area contributed by atoms with Gasteiger partial charge in [-0.15, -0.1) is 0 Å². The zero-order valence-corrected chi connectivity index (χ0v) is 32.2. The van der Waals surface area contributed by atoms with E-state index in [4.69, 9.17) is 9.97 Å². The Morgan fingerprint density at radius 1 is 0.345 bits per heavy atom. The lowest BCUT2D eigenvalue weighted by Gasteiger charge is -2.23. The Morgan fingerprint density at radius 2 is 0.621 bits per heavy atom. The summed E-state index contributed by atoms with van der Waals surface area (Å²) < 4.78 is 89.3. The summed E-state index contributed by atoms with van der Waals surface area (Å²) in [6.07, 6.45) is 0. The molecule has 2 heterocycles. The first-order valence-corrected chi connectivity index (χ1v) is 21.7. The van der Waals surface area contributed by atoms with Crippen LogP contribution in [-0.2, 0) is 9.13 Å². The molecule has 0 fully saturated rings.